The van der Waals surface area contributed by atoms with Gasteiger partial charge in [0.2, 0.25) is 5.91 Å². The minimum absolute atomic E-state index is 0.0422. The van der Waals surface area contributed by atoms with Crippen LogP contribution in [-0.4, -0.2) is 40.2 Å². The molecule has 0 spiro atoms. The Morgan fingerprint density at radius 3 is 2.59 bits per heavy atom. The first-order valence-electron chi connectivity index (χ1n) is 7.61. The van der Waals surface area contributed by atoms with E-state index < -0.39 is 11.9 Å². The smallest absolute Gasteiger partial charge is 0.308 e. The summed E-state index contributed by atoms with van der Waals surface area (Å²) >= 11 is 1.53. The molecule has 1 N–H and O–H groups in total. The van der Waals surface area contributed by atoms with Gasteiger partial charge >= 0.3 is 5.97 Å². The lowest BCUT2D eigenvalue weighted by Crippen LogP contribution is -2.39. The molecule has 2 rings (SSSR count). The molecule has 0 bridgehead atoms. The zero-order valence-electron chi connectivity index (χ0n) is 13.3. The van der Waals surface area contributed by atoms with Crippen molar-refractivity contribution >= 4 is 23.6 Å². The molecule has 1 saturated carbocycles. The summed E-state index contributed by atoms with van der Waals surface area (Å²) in [7, 11) is 0. The Kier molecular flexibility index (Phi) is 5.51. The molecule has 0 heterocycles. The van der Waals surface area contributed by atoms with Crippen molar-refractivity contribution in [2.24, 2.45) is 5.92 Å². The molecular weight excluding hydrogens is 298 g/mol. The summed E-state index contributed by atoms with van der Waals surface area (Å²) in [4.78, 5) is 26.3. The second-order valence-electron chi connectivity index (χ2n) is 6.07. The zero-order chi connectivity index (χ0) is 16.3. The molecule has 1 aliphatic rings. The van der Waals surface area contributed by atoms with E-state index in [-0.39, 0.29) is 11.9 Å². The van der Waals surface area contributed by atoms with E-state index in [1.54, 1.807) is 11.8 Å². The van der Waals surface area contributed by atoms with Crippen molar-refractivity contribution in [2.45, 2.75) is 44.6 Å². The number of carboxylic acids is 1. The number of aryl methyl sites for hydroxylation is 2. The lowest BCUT2D eigenvalue weighted by Gasteiger charge is -2.24. The van der Waals surface area contributed by atoms with E-state index in [0.717, 1.165) is 17.7 Å². The fourth-order valence-electron chi connectivity index (χ4n) is 2.40. The molecule has 0 aliphatic heterocycles. The predicted octanol–water partition coefficient (Wildman–Crippen LogP) is 3.11. The first-order chi connectivity index (χ1) is 10.4. The van der Waals surface area contributed by atoms with Crippen LogP contribution < -0.4 is 0 Å². The fraction of sp³-hybridized carbons (Fsp3) is 0.529. The molecular formula is C17H23NO3S. The number of carbonyl (C=O) groups is 2. The number of thioether (sulfide) groups is 1. The molecule has 1 amide bonds. The Labute approximate surface area is 135 Å². The van der Waals surface area contributed by atoms with E-state index in [2.05, 4.69) is 13.0 Å². The number of carboxylic acid groups (broad SMARTS) is 1. The van der Waals surface area contributed by atoms with Crippen molar-refractivity contribution in [3.63, 3.8) is 0 Å². The van der Waals surface area contributed by atoms with Crippen molar-refractivity contribution in [2.75, 3.05) is 12.3 Å². The molecule has 120 valence electrons. The largest absolute Gasteiger partial charge is 0.481 e. The Hall–Kier alpha value is -1.49. The van der Waals surface area contributed by atoms with Gasteiger partial charge in [-0.25, -0.2) is 0 Å². The molecule has 22 heavy (non-hydrogen) atoms. The molecule has 5 heteroatoms. The standard InChI is InChI=1S/C17H23NO3S/c1-11-4-7-15(12(2)8-11)22-10-16(19)18(14-5-6-14)9-13(3)17(20)21/h4,7-8,13-14H,5-6,9-10H2,1-3H3,(H,20,21). The summed E-state index contributed by atoms with van der Waals surface area (Å²) in [6.45, 7) is 6.06. The van der Waals surface area contributed by atoms with Crippen LogP contribution in [0.3, 0.4) is 0 Å². The number of carbonyl (C=O) groups excluding carboxylic acids is 1. The predicted molar refractivity (Wildman–Crippen MR) is 88.2 cm³/mol. The number of amides is 1. The molecule has 1 aromatic rings. The average molecular weight is 321 g/mol. The number of hydrogen-bond acceptors (Lipinski definition) is 3. The van der Waals surface area contributed by atoms with Gasteiger partial charge in [-0.05, 0) is 38.3 Å². The minimum atomic E-state index is -0.847. The van der Waals surface area contributed by atoms with E-state index in [9.17, 15) is 9.59 Å². The highest BCUT2D eigenvalue weighted by Gasteiger charge is 2.34. The average Bonchev–Trinajstić information content (AvgIpc) is 3.27. The molecule has 0 aromatic heterocycles. The summed E-state index contributed by atoms with van der Waals surface area (Å²) in [6.07, 6.45) is 1.98. The minimum Gasteiger partial charge on any atom is -0.481 e. The van der Waals surface area contributed by atoms with E-state index >= 15 is 0 Å². The quantitative estimate of drug-likeness (QED) is 0.784. The van der Waals surface area contributed by atoms with E-state index in [0.29, 0.717) is 12.3 Å². The van der Waals surface area contributed by atoms with Gasteiger partial charge in [0.05, 0.1) is 11.7 Å². The molecule has 1 aromatic carbocycles. The highest BCUT2D eigenvalue weighted by Crippen LogP contribution is 2.30. The Balaban J connectivity index is 1.95. The monoisotopic (exact) mass is 321 g/mol. The first-order valence-corrected chi connectivity index (χ1v) is 8.59. The number of hydrogen-bond donors (Lipinski definition) is 1. The second kappa shape index (κ2) is 7.18. The molecule has 0 saturated heterocycles. The molecule has 1 fully saturated rings. The first kappa shape index (κ1) is 16.9. The molecule has 0 radical (unpaired) electrons. The van der Waals surface area contributed by atoms with Crippen LogP contribution in [0.15, 0.2) is 23.1 Å². The maximum Gasteiger partial charge on any atom is 0.308 e. The summed E-state index contributed by atoms with van der Waals surface area (Å²) in [6, 6.07) is 6.45. The van der Waals surface area contributed by atoms with Crippen molar-refractivity contribution in [1.29, 1.82) is 0 Å². The van der Waals surface area contributed by atoms with Gasteiger partial charge < -0.3 is 10.0 Å². The van der Waals surface area contributed by atoms with Crippen molar-refractivity contribution in [3.05, 3.63) is 29.3 Å². The highest BCUT2D eigenvalue weighted by molar-refractivity contribution is 8.00. The van der Waals surface area contributed by atoms with Crippen LogP contribution in [0.5, 0.6) is 0 Å². The molecule has 1 unspecified atom stereocenters. The Morgan fingerprint density at radius 1 is 1.36 bits per heavy atom. The summed E-state index contributed by atoms with van der Waals surface area (Å²) < 4.78 is 0. The van der Waals surface area contributed by atoms with Crippen LogP contribution in [0, 0.1) is 19.8 Å². The van der Waals surface area contributed by atoms with E-state index in [1.807, 2.05) is 19.1 Å². The maximum absolute atomic E-state index is 12.4. The van der Waals surface area contributed by atoms with Crippen LogP contribution in [0.2, 0.25) is 0 Å². The molecule has 1 atom stereocenters. The lowest BCUT2D eigenvalue weighted by atomic mass is 10.1. The zero-order valence-corrected chi connectivity index (χ0v) is 14.2. The third-order valence-corrected chi connectivity index (χ3v) is 5.04. The van der Waals surface area contributed by atoms with Gasteiger partial charge in [-0.3, -0.25) is 9.59 Å². The van der Waals surface area contributed by atoms with Gasteiger partial charge in [0.1, 0.15) is 0 Å². The third-order valence-electron chi connectivity index (χ3n) is 3.88. The van der Waals surface area contributed by atoms with Crippen LogP contribution in [0.25, 0.3) is 0 Å². The Bertz CT molecular complexity index is 569. The summed E-state index contributed by atoms with van der Waals surface area (Å²) in [5, 5.41) is 9.04. The van der Waals surface area contributed by atoms with E-state index in [1.165, 1.54) is 22.9 Å². The van der Waals surface area contributed by atoms with Crippen LogP contribution in [0.1, 0.15) is 30.9 Å². The molecule has 4 nitrogen and oxygen atoms in total. The maximum atomic E-state index is 12.4. The molecule has 1 aliphatic carbocycles. The normalized spacial score (nSPS) is 15.4. The number of rotatable bonds is 7. The number of benzene rings is 1. The van der Waals surface area contributed by atoms with Gasteiger partial charge in [-0.1, -0.05) is 24.6 Å². The SMILES string of the molecule is Cc1ccc(SCC(=O)N(CC(C)C(=O)O)C2CC2)c(C)c1. The van der Waals surface area contributed by atoms with Gasteiger partial charge in [0.15, 0.2) is 0 Å². The van der Waals surface area contributed by atoms with Gasteiger partial charge in [0.25, 0.3) is 0 Å². The van der Waals surface area contributed by atoms with Gasteiger partial charge in [-0.15, -0.1) is 11.8 Å². The van der Waals surface area contributed by atoms with Crippen LogP contribution in [-0.2, 0) is 9.59 Å². The number of nitrogens with zero attached hydrogens (tertiary/aromatic N) is 1. The second-order valence-corrected chi connectivity index (χ2v) is 7.09. The summed E-state index contributed by atoms with van der Waals surface area (Å²) in [5.41, 5.74) is 2.39. The van der Waals surface area contributed by atoms with Crippen molar-refractivity contribution in [1.82, 2.24) is 4.90 Å². The van der Waals surface area contributed by atoms with Crippen LogP contribution >= 0.6 is 11.8 Å². The van der Waals surface area contributed by atoms with Gasteiger partial charge in [-0.2, -0.15) is 0 Å². The topological polar surface area (TPSA) is 57.6 Å². The Morgan fingerprint density at radius 2 is 2.05 bits per heavy atom. The van der Waals surface area contributed by atoms with Crippen LogP contribution in [0.4, 0.5) is 0 Å². The lowest BCUT2D eigenvalue weighted by molar-refractivity contribution is -0.142. The highest BCUT2D eigenvalue weighted by atomic mass is 32.2. The van der Waals surface area contributed by atoms with Crippen molar-refractivity contribution in [3.8, 4) is 0 Å². The van der Waals surface area contributed by atoms with Crippen molar-refractivity contribution < 1.29 is 14.7 Å². The summed E-state index contributed by atoms with van der Waals surface area (Å²) in [5.74, 6) is -0.955. The number of aliphatic carboxylic acids is 1. The fourth-order valence-corrected chi connectivity index (χ4v) is 3.29. The van der Waals surface area contributed by atoms with E-state index in [4.69, 9.17) is 5.11 Å². The third kappa shape index (κ3) is 4.50. The van der Waals surface area contributed by atoms with Gasteiger partial charge in [0, 0.05) is 17.5 Å².